The van der Waals surface area contributed by atoms with E-state index in [1.807, 2.05) is 0 Å². The number of nitrogens with one attached hydrogen (secondary N) is 1. The monoisotopic (exact) mass is 443 g/mol. The Kier molecular flexibility index (Phi) is 7.24. The molecule has 0 spiro atoms. The second-order valence-electron chi connectivity index (χ2n) is 8.37. The van der Waals surface area contributed by atoms with Crippen LogP contribution in [0.2, 0.25) is 0 Å². The van der Waals surface area contributed by atoms with Crippen LogP contribution in [0.1, 0.15) is 60.9 Å². The summed E-state index contributed by atoms with van der Waals surface area (Å²) in [6, 6.07) is 4.80. The number of primary amides is 1. The van der Waals surface area contributed by atoms with Crippen LogP contribution < -0.4 is 22.3 Å². The number of nitrogens with two attached hydrogens (primary N) is 1. The molecule has 0 saturated heterocycles. The van der Waals surface area contributed by atoms with E-state index >= 15 is 0 Å². The fourth-order valence-corrected chi connectivity index (χ4v) is 3.93. The number of hydrogen-bond donors (Lipinski definition) is 3. The Balaban J connectivity index is 1.85. The lowest BCUT2D eigenvalue weighted by Gasteiger charge is -2.27. The van der Waals surface area contributed by atoms with Crippen molar-refractivity contribution >= 4 is 11.8 Å². The third kappa shape index (κ3) is 5.50. The summed E-state index contributed by atoms with van der Waals surface area (Å²) in [5, 5.41) is 17.5. The van der Waals surface area contributed by atoms with Crippen LogP contribution in [0.4, 0.5) is 0 Å². The van der Waals surface area contributed by atoms with E-state index in [2.05, 4.69) is 10.4 Å². The predicted molar refractivity (Wildman–Crippen MR) is 118 cm³/mol. The molecule has 10 heteroatoms. The van der Waals surface area contributed by atoms with E-state index < -0.39 is 22.8 Å². The highest BCUT2D eigenvalue weighted by Crippen LogP contribution is 2.26. The quantitative estimate of drug-likeness (QED) is 0.527. The van der Waals surface area contributed by atoms with Crippen LogP contribution in [0.15, 0.2) is 34.0 Å². The Bertz CT molecular complexity index is 1110. The number of amides is 2. The standard InChI is InChI=1S/C22H29N5O5/c1-15-6-7-16(27-21(31)26(11-8-18(23)28)19(29)13-25-27)12-17(15)20(30)24-14-22(32)9-4-2-3-5-10-22/h6-7,12-13,32H,2-5,8-11,14H2,1H3,(H2,23,28)(H,24,30). The summed E-state index contributed by atoms with van der Waals surface area (Å²) in [5.74, 6) is -0.999. The molecule has 1 fully saturated rings. The van der Waals surface area contributed by atoms with Gasteiger partial charge in [-0.3, -0.25) is 19.0 Å². The van der Waals surface area contributed by atoms with E-state index in [0.29, 0.717) is 29.7 Å². The fourth-order valence-electron chi connectivity index (χ4n) is 3.93. The Morgan fingerprint density at radius 1 is 1.19 bits per heavy atom. The molecule has 0 unspecified atom stereocenters. The summed E-state index contributed by atoms with van der Waals surface area (Å²) in [6.07, 6.45) is 6.15. The molecule has 172 valence electrons. The Morgan fingerprint density at radius 2 is 1.88 bits per heavy atom. The maximum Gasteiger partial charge on any atom is 0.352 e. The van der Waals surface area contributed by atoms with Crippen molar-refractivity contribution in [3.05, 3.63) is 56.4 Å². The minimum Gasteiger partial charge on any atom is -0.388 e. The fraction of sp³-hybridized carbons (Fsp3) is 0.500. The topological polar surface area (TPSA) is 149 Å². The Hall–Kier alpha value is -3.27. The summed E-state index contributed by atoms with van der Waals surface area (Å²) < 4.78 is 1.87. The third-order valence-electron chi connectivity index (χ3n) is 5.87. The third-order valence-corrected chi connectivity index (χ3v) is 5.87. The molecule has 1 saturated carbocycles. The summed E-state index contributed by atoms with van der Waals surface area (Å²) in [6.45, 7) is 1.77. The molecular formula is C22H29N5O5. The van der Waals surface area contributed by atoms with Crippen molar-refractivity contribution in [1.82, 2.24) is 19.7 Å². The number of carbonyl (C=O) groups excluding carboxylic acids is 2. The van der Waals surface area contributed by atoms with Crippen LogP contribution in [0.25, 0.3) is 5.69 Å². The second kappa shape index (κ2) is 9.90. The molecule has 2 aromatic rings. The van der Waals surface area contributed by atoms with Gasteiger partial charge in [0.1, 0.15) is 6.20 Å². The number of aromatic nitrogens is 3. The van der Waals surface area contributed by atoms with Crippen LogP contribution in [0.5, 0.6) is 0 Å². The SMILES string of the molecule is Cc1ccc(-n2ncc(=O)n(CCC(N)=O)c2=O)cc1C(=O)NCC1(O)CCCCCC1. The molecule has 1 heterocycles. The number of benzene rings is 1. The Labute approximate surface area is 185 Å². The van der Waals surface area contributed by atoms with E-state index in [0.717, 1.165) is 41.1 Å². The van der Waals surface area contributed by atoms with Crippen molar-refractivity contribution in [3.63, 3.8) is 0 Å². The molecule has 32 heavy (non-hydrogen) atoms. The average Bonchev–Trinajstić information content (AvgIpc) is 2.97. The van der Waals surface area contributed by atoms with Gasteiger partial charge in [0, 0.05) is 25.1 Å². The van der Waals surface area contributed by atoms with Gasteiger partial charge in [0.25, 0.3) is 11.5 Å². The lowest BCUT2D eigenvalue weighted by atomic mass is 9.94. The molecule has 10 nitrogen and oxygen atoms in total. The van der Waals surface area contributed by atoms with E-state index in [1.54, 1.807) is 19.1 Å². The maximum atomic E-state index is 12.9. The number of hydrogen-bond acceptors (Lipinski definition) is 6. The summed E-state index contributed by atoms with van der Waals surface area (Å²) >= 11 is 0. The van der Waals surface area contributed by atoms with Gasteiger partial charge >= 0.3 is 5.69 Å². The van der Waals surface area contributed by atoms with E-state index in [1.165, 1.54) is 6.07 Å². The lowest BCUT2D eigenvalue weighted by molar-refractivity contribution is -0.118. The first kappa shape index (κ1) is 23.4. The first-order valence-electron chi connectivity index (χ1n) is 10.8. The molecule has 0 aliphatic heterocycles. The minimum absolute atomic E-state index is 0.158. The largest absolute Gasteiger partial charge is 0.388 e. The van der Waals surface area contributed by atoms with Gasteiger partial charge in [0.15, 0.2) is 0 Å². The molecular weight excluding hydrogens is 414 g/mol. The van der Waals surface area contributed by atoms with Crippen LogP contribution in [-0.4, -0.2) is 43.4 Å². The molecule has 1 aliphatic rings. The zero-order valence-corrected chi connectivity index (χ0v) is 18.2. The highest BCUT2D eigenvalue weighted by atomic mass is 16.3. The van der Waals surface area contributed by atoms with E-state index in [9.17, 15) is 24.3 Å². The number of aliphatic hydroxyl groups is 1. The molecule has 4 N–H and O–H groups in total. The van der Waals surface area contributed by atoms with Crippen molar-refractivity contribution in [2.75, 3.05) is 6.54 Å². The zero-order valence-electron chi connectivity index (χ0n) is 18.2. The van der Waals surface area contributed by atoms with Gasteiger partial charge in [-0.1, -0.05) is 31.7 Å². The van der Waals surface area contributed by atoms with Gasteiger partial charge in [-0.2, -0.15) is 9.78 Å². The van der Waals surface area contributed by atoms with Gasteiger partial charge in [-0.05, 0) is 37.5 Å². The predicted octanol–water partition coefficient (Wildman–Crippen LogP) is 0.393. The van der Waals surface area contributed by atoms with E-state index in [-0.39, 0.29) is 25.4 Å². The molecule has 0 radical (unpaired) electrons. The highest BCUT2D eigenvalue weighted by molar-refractivity contribution is 5.96. The van der Waals surface area contributed by atoms with Gasteiger partial charge in [0.2, 0.25) is 5.91 Å². The van der Waals surface area contributed by atoms with Crippen molar-refractivity contribution in [2.24, 2.45) is 5.73 Å². The highest BCUT2D eigenvalue weighted by Gasteiger charge is 2.28. The van der Waals surface area contributed by atoms with Crippen molar-refractivity contribution in [3.8, 4) is 5.69 Å². The normalized spacial score (nSPS) is 15.7. The molecule has 2 amide bonds. The van der Waals surface area contributed by atoms with Gasteiger partial charge < -0.3 is 16.2 Å². The molecule has 0 bridgehead atoms. The molecule has 3 rings (SSSR count). The van der Waals surface area contributed by atoms with Crippen LogP contribution in [0, 0.1) is 6.92 Å². The summed E-state index contributed by atoms with van der Waals surface area (Å²) in [5.41, 5.74) is 4.15. The second-order valence-corrected chi connectivity index (χ2v) is 8.37. The first-order valence-corrected chi connectivity index (χ1v) is 10.8. The molecule has 1 aromatic heterocycles. The molecule has 0 atom stereocenters. The maximum absolute atomic E-state index is 12.9. The number of aryl methyl sites for hydroxylation is 1. The van der Waals surface area contributed by atoms with Crippen LogP contribution >= 0.6 is 0 Å². The van der Waals surface area contributed by atoms with Crippen molar-refractivity contribution < 1.29 is 14.7 Å². The molecule has 1 aromatic carbocycles. The minimum atomic E-state index is -0.911. The van der Waals surface area contributed by atoms with Crippen molar-refractivity contribution in [1.29, 1.82) is 0 Å². The number of carbonyl (C=O) groups is 2. The first-order chi connectivity index (χ1) is 15.2. The molecule has 1 aliphatic carbocycles. The van der Waals surface area contributed by atoms with E-state index in [4.69, 9.17) is 5.73 Å². The smallest absolute Gasteiger partial charge is 0.352 e. The van der Waals surface area contributed by atoms with Crippen LogP contribution in [-0.2, 0) is 11.3 Å². The van der Waals surface area contributed by atoms with Gasteiger partial charge in [-0.15, -0.1) is 0 Å². The summed E-state index contributed by atoms with van der Waals surface area (Å²) in [7, 11) is 0. The van der Waals surface area contributed by atoms with Crippen molar-refractivity contribution in [2.45, 2.75) is 64.0 Å². The summed E-state index contributed by atoms with van der Waals surface area (Å²) in [4.78, 5) is 48.7. The van der Waals surface area contributed by atoms with Gasteiger partial charge in [-0.25, -0.2) is 4.79 Å². The van der Waals surface area contributed by atoms with Crippen LogP contribution in [0.3, 0.4) is 0 Å². The Morgan fingerprint density at radius 3 is 2.53 bits per heavy atom. The lowest BCUT2D eigenvalue weighted by Crippen LogP contribution is -2.43. The number of rotatable bonds is 7. The average molecular weight is 444 g/mol. The van der Waals surface area contributed by atoms with Gasteiger partial charge in [0.05, 0.1) is 11.3 Å². The number of nitrogens with zero attached hydrogens (tertiary/aromatic N) is 3. The zero-order chi connectivity index (χ0) is 23.3.